The van der Waals surface area contributed by atoms with Gasteiger partial charge in [0.1, 0.15) is 0 Å². The number of hydrogen-bond acceptors (Lipinski definition) is 1. The van der Waals surface area contributed by atoms with Gasteiger partial charge in [-0.25, -0.2) is 0 Å². The minimum atomic E-state index is 0.814. The fraction of sp³-hybridized carbons (Fsp3) is 0.222. The number of hydrogen-bond donors (Lipinski definition) is 0. The maximum Gasteiger partial charge on any atom is 0.0354 e. The Balaban J connectivity index is 2.02. The van der Waals surface area contributed by atoms with Crippen molar-refractivity contribution in [1.82, 2.24) is 0 Å². The van der Waals surface area contributed by atoms with Gasteiger partial charge in [0, 0.05) is 15.0 Å². The van der Waals surface area contributed by atoms with Gasteiger partial charge in [-0.1, -0.05) is 49.4 Å². The van der Waals surface area contributed by atoms with Crippen LogP contribution in [-0.4, -0.2) is 0 Å². The van der Waals surface area contributed by atoms with Crippen LogP contribution in [0.5, 0.6) is 0 Å². The fourth-order valence-corrected chi connectivity index (χ4v) is 4.66. The van der Waals surface area contributed by atoms with E-state index >= 15 is 0 Å². The lowest BCUT2D eigenvalue weighted by Gasteiger charge is -2.06. The van der Waals surface area contributed by atoms with Gasteiger partial charge >= 0.3 is 0 Å². The van der Waals surface area contributed by atoms with Gasteiger partial charge in [-0.15, -0.1) is 11.3 Å². The Labute approximate surface area is 117 Å². The Bertz CT molecular complexity index is 737. The molecule has 0 spiro atoms. The van der Waals surface area contributed by atoms with Gasteiger partial charge in [0.25, 0.3) is 0 Å². The average Bonchev–Trinajstić information content (AvgIpc) is 2.95. The van der Waals surface area contributed by atoms with E-state index in [1.165, 1.54) is 34.1 Å². The highest BCUT2D eigenvalue weighted by atomic mass is 32.1. The van der Waals surface area contributed by atoms with Crippen LogP contribution >= 0.6 is 11.3 Å². The molecule has 1 heterocycles. The first-order valence-electron chi connectivity index (χ1n) is 6.91. The molecular formula is C18H16S. The number of thiophene rings is 1. The Morgan fingerprint density at radius 1 is 0.947 bits per heavy atom. The van der Waals surface area contributed by atoms with Gasteiger partial charge in [0.15, 0.2) is 0 Å². The predicted octanol–water partition coefficient (Wildman–Crippen LogP) is 5.30. The largest absolute Gasteiger partial charge is 0.140 e. The monoisotopic (exact) mass is 264 g/mol. The van der Waals surface area contributed by atoms with Crippen molar-refractivity contribution >= 4 is 21.4 Å². The Morgan fingerprint density at radius 3 is 2.63 bits per heavy atom. The maximum absolute atomic E-state index is 2.36. The molecule has 0 bridgehead atoms. The number of rotatable bonds is 1. The SMILES string of the molecule is CC1Cc2sc3cccc(-c4ccccc4)c3c2C1. The molecule has 1 unspecified atom stereocenters. The van der Waals surface area contributed by atoms with Crippen molar-refractivity contribution in [3.8, 4) is 11.1 Å². The smallest absolute Gasteiger partial charge is 0.0354 e. The lowest BCUT2D eigenvalue weighted by molar-refractivity contribution is 0.630. The van der Waals surface area contributed by atoms with Crippen LogP contribution < -0.4 is 0 Å². The highest BCUT2D eigenvalue weighted by Gasteiger charge is 2.24. The van der Waals surface area contributed by atoms with Crippen LogP contribution in [0.25, 0.3) is 21.2 Å². The zero-order valence-corrected chi connectivity index (χ0v) is 11.8. The summed E-state index contributed by atoms with van der Waals surface area (Å²) in [5.74, 6) is 0.814. The van der Waals surface area contributed by atoms with Crippen molar-refractivity contribution in [3.63, 3.8) is 0 Å². The van der Waals surface area contributed by atoms with E-state index in [0.717, 1.165) is 5.92 Å². The molecule has 19 heavy (non-hydrogen) atoms. The molecule has 0 amide bonds. The molecule has 4 rings (SSSR count). The van der Waals surface area contributed by atoms with Crippen LogP contribution in [0.3, 0.4) is 0 Å². The quantitative estimate of drug-likeness (QED) is 0.559. The van der Waals surface area contributed by atoms with Gasteiger partial charge in [-0.05, 0) is 41.5 Å². The van der Waals surface area contributed by atoms with Crippen molar-refractivity contribution < 1.29 is 0 Å². The van der Waals surface area contributed by atoms with Crippen molar-refractivity contribution in [2.75, 3.05) is 0 Å². The van der Waals surface area contributed by atoms with Gasteiger partial charge < -0.3 is 0 Å². The van der Waals surface area contributed by atoms with Crippen LogP contribution in [0.1, 0.15) is 17.4 Å². The summed E-state index contributed by atoms with van der Waals surface area (Å²) in [6, 6.07) is 17.5. The number of fused-ring (bicyclic) bond motifs is 3. The van der Waals surface area contributed by atoms with Crippen molar-refractivity contribution in [3.05, 3.63) is 59.0 Å². The van der Waals surface area contributed by atoms with Crippen molar-refractivity contribution in [2.45, 2.75) is 19.8 Å². The van der Waals surface area contributed by atoms with E-state index in [4.69, 9.17) is 0 Å². The van der Waals surface area contributed by atoms with Crippen LogP contribution in [0, 0.1) is 5.92 Å². The number of benzene rings is 2. The lowest BCUT2D eigenvalue weighted by atomic mass is 9.98. The topological polar surface area (TPSA) is 0 Å². The molecule has 1 atom stereocenters. The maximum atomic E-state index is 2.36. The van der Waals surface area contributed by atoms with Gasteiger partial charge in [0.05, 0.1) is 0 Å². The summed E-state index contributed by atoms with van der Waals surface area (Å²) in [6.07, 6.45) is 2.52. The van der Waals surface area contributed by atoms with Gasteiger partial charge in [-0.2, -0.15) is 0 Å². The molecule has 1 aromatic heterocycles. The Kier molecular flexibility index (Phi) is 2.49. The lowest BCUT2D eigenvalue weighted by Crippen LogP contribution is -1.91. The normalized spacial score (nSPS) is 17.8. The van der Waals surface area contributed by atoms with Gasteiger partial charge in [-0.3, -0.25) is 0 Å². The fourth-order valence-electron chi connectivity index (χ4n) is 3.24. The van der Waals surface area contributed by atoms with Crippen molar-refractivity contribution in [1.29, 1.82) is 0 Å². The third kappa shape index (κ3) is 1.73. The Morgan fingerprint density at radius 2 is 1.79 bits per heavy atom. The summed E-state index contributed by atoms with van der Waals surface area (Å²) in [6.45, 7) is 2.36. The van der Waals surface area contributed by atoms with E-state index < -0.39 is 0 Å². The summed E-state index contributed by atoms with van der Waals surface area (Å²) < 4.78 is 1.46. The molecule has 2 aromatic carbocycles. The van der Waals surface area contributed by atoms with Crippen LogP contribution in [-0.2, 0) is 12.8 Å². The molecular weight excluding hydrogens is 248 g/mol. The average molecular weight is 264 g/mol. The highest BCUT2D eigenvalue weighted by Crippen LogP contribution is 2.43. The molecule has 0 fully saturated rings. The first-order valence-corrected chi connectivity index (χ1v) is 7.73. The molecule has 94 valence electrons. The molecule has 1 aliphatic carbocycles. The second kappa shape index (κ2) is 4.21. The van der Waals surface area contributed by atoms with E-state index in [2.05, 4.69) is 55.5 Å². The van der Waals surface area contributed by atoms with Crippen LogP contribution in [0.4, 0.5) is 0 Å². The molecule has 3 aromatic rings. The van der Waals surface area contributed by atoms with E-state index in [0.29, 0.717) is 0 Å². The first kappa shape index (κ1) is 11.2. The minimum absolute atomic E-state index is 0.814. The van der Waals surface area contributed by atoms with E-state index in [1.54, 1.807) is 10.4 Å². The molecule has 1 heteroatoms. The standard InChI is InChI=1S/C18H16S/c1-12-10-15-17(11-12)19-16-9-5-8-14(18(15)16)13-6-3-2-4-7-13/h2-9,12H,10-11H2,1H3. The minimum Gasteiger partial charge on any atom is -0.140 e. The summed E-state index contributed by atoms with van der Waals surface area (Å²) in [5.41, 5.74) is 4.37. The van der Waals surface area contributed by atoms with Gasteiger partial charge in [0.2, 0.25) is 0 Å². The van der Waals surface area contributed by atoms with E-state index in [9.17, 15) is 0 Å². The third-order valence-corrected chi connectivity index (χ3v) is 5.29. The molecule has 0 aliphatic heterocycles. The summed E-state index contributed by atoms with van der Waals surface area (Å²) >= 11 is 2.00. The van der Waals surface area contributed by atoms with E-state index in [-0.39, 0.29) is 0 Å². The van der Waals surface area contributed by atoms with E-state index in [1.807, 2.05) is 11.3 Å². The third-order valence-electron chi connectivity index (χ3n) is 4.07. The Hall–Kier alpha value is -1.60. The van der Waals surface area contributed by atoms with Crippen LogP contribution in [0.15, 0.2) is 48.5 Å². The second-order valence-corrected chi connectivity index (χ2v) is 6.70. The second-order valence-electron chi connectivity index (χ2n) is 5.56. The zero-order valence-electron chi connectivity index (χ0n) is 11.0. The summed E-state index contributed by atoms with van der Waals surface area (Å²) in [7, 11) is 0. The molecule has 0 nitrogen and oxygen atoms in total. The summed E-state index contributed by atoms with van der Waals surface area (Å²) in [4.78, 5) is 1.62. The first-order chi connectivity index (χ1) is 9.33. The molecule has 0 radical (unpaired) electrons. The molecule has 0 saturated carbocycles. The molecule has 0 N–H and O–H groups in total. The predicted molar refractivity (Wildman–Crippen MR) is 83.8 cm³/mol. The zero-order chi connectivity index (χ0) is 12.8. The summed E-state index contributed by atoms with van der Waals surface area (Å²) in [5, 5.41) is 1.51. The van der Waals surface area contributed by atoms with Crippen LogP contribution in [0.2, 0.25) is 0 Å². The highest BCUT2D eigenvalue weighted by molar-refractivity contribution is 7.19. The van der Waals surface area contributed by atoms with Crippen molar-refractivity contribution in [2.24, 2.45) is 5.92 Å². The molecule has 0 saturated heterocycles. The molecule has 1 aliphatic rings.